The van der Waals surface area contributed by atoms with Crippen molar-refractivity contribution in [3.8, 4) is 0 Å². The summed E-state index contributed by atoms with van der Waals surface area (Å²) in [5.74, 6) is -1.99. The van der Waals surface area contributed by atoms with Gasteiger partial charge in [0.25, 0.3) is 0 Å². The molecule has 11 heteroatoms. The summed E-state index contributed by atoms with van der Waals surface area (Å²) in [5.41, 5.74) is 15.1. The lowest BCUT2D eigenvalue weighted by atomic mass is 9.88. The summed E-state index contributed by atoms with van der Waals surface area (Å²) in [7, 11) is 0. The van der Waals surface area contributed by atoms with Gasteiger partial charge in [-0.05, 0) is 0 Å². The fraction of sp³-hybridized carbons (Fsp3) is 0.700. The van der Waals surface area contributed by atoms with Crippen molar-refractivity contribution < 1.29 is 19.7 Å². The average molecular weight is 303 g/mol. The number of aliphatic imine (C=N–C) groups is 2. The van der Waals surface area contributed by atoms with E-state index < -0.39 is 29.6 Å². The maximum Gasteiger partial charge on any atom is 0.404 e. The lowest BCUT2D eigenvalue weighted by molar-refractivity contribution is -0.221. The highest BCUT2D eigenvalue weighted by molar-refractivity contribution is 5.87. The lowest BCUT2D eigenvalue weighted by Gasteiger charge is -2.48. The van der Waals surface area contributed by atoms with Crippen LogP contribution in [0, 0.1) is 0 Å². The molecular formula is C10H17N7O4. The molecule has 1 amide bonds. The summed E-state index contributed by atoms with van der Waals surface area (Å²) in [6.45, 7) is 0.0862. The van der Waals surface area contributed by atoms with Crippen LogP contribution in [0.2, 0.25) is 0 Å². The molecule has 0 aromatic carbocycles. The maximum atomic E-state index is 10.8. The van der Waals surface area contributed by atoms with E-state index in [1.807, 2.05) is 0 Å². The molecule has 3 atom stereocenters. The van der Waals surface area contributed by atoms with Crippen molar-refractivity contribution in [1.29, 1.82) is 0 Å². The Balaban J connectivity index is 2.01. The van der Waals surface area contributed by atoms with Gasteiger partial charge in [0.1, 0.15) is 18.7 Å². The number of carbonyl (C=O) groups is 1. The summed E-state index contributed by atoms with van der Waals surface area (Å²) in [5, 5.41) is 23.5. The normalized spacial score (nSPS) is 36.2. The van der Waals surface area contributed by atoms with Crippen molar-refractivity contribution in [2.24, 2.45) is 27.2 Å². The maximum absolute atomic E-state index is 10.8. The molecule has 11 nitrogen and oxygen atoms in total. The van der Waals surface area contributed by atoms with E-state index in [1.165, 1.54) is 4.90 Å². The highest BCUT2D eigenvalue weighted by atomic mass is 16.5. The third-order valence-corrected chi connectivity index (χ3v) is 4.08. The first kappa shape index (κ1) is 13.7. The number of amides is 1. The van der Waals surface area contributed by atoms with Crippen LogP contribution in [0.5, 0.6) is 0 Å². The Bertz CT molecular complexity index is 548. The monoisotopic (exact) mass is 303 g/mol. The quantitative estimate of drug-likeness (QED) is 0.221. The van der Waals surface area contributed by atoms with Crippen LogP contribution in [0.15, 0.2) is 9.98 Å². The standard InChI is InChI=1S/C10H17N7O4/c11-6-15-5-4(3-21-8(13)18)14-7(12)17-2-1-9(19,20)10(5,17)16-6/h4-5,19-20H,1-3H2,(H2,12,14)(H2,13,18)(H3,11,15,16)/t4-,5-,10-/m0/s1/i11+1,12+1,14+1,15+1. The minimum Gasteiger partial charge on any atom is -0.447 e. The van der Waals surface area contributed by atoms with Crippen LogP contribution >= 0.6 is 0 Å². The fourth-order valence-corrected chi connectivity index (χ4v) is 3.23. The van der Waals surface area contributed by atoms with E-state index in [9.17, 15) is 15.0 Å². The molecule has 3 rings (SSSR count). The van der Waals surface area contributed by atoms with Gasteiger partial charge in [-0.2, -0.15) is 0 Å². The van der Waals surface area contributed by atoms with Gasteiger partial charge in [-0.15, -0.1) is 0 Å². The Morgan fingerprint density at radius 1 is 1.48 bits per heavy atom. The third-order valence-electron chi connectivity index (χ3n) is 4.08. The number of carbonyl (C=O) groups excluding carboxylic acids is 1. The van der Waals surface area contributed by atoms with E-state index in [1.54, 1.807) is 0 Å². The van der Waals surface area contributed by atoms with Gasteiger partial charge in [-0.1, -0.05) is 0 Å². The molecule has 0 aromatic rings. The van der Waals surface area contributed by atoms with Gasteiger partial charge >= 0.3 is 6.09 Å². The first-order valence-corrected chi connectivity index (χ1v) is 6.37. The van der Waals surface area contributed by atoms with Crippen LogP contribution in [0.3, 0.4) is 0 Å². The molecule has 21 heavy (non-hydrogen) atoms. The molecule has 3 aliphatic heterocycles. The molecule has 3 aliphatic rings. The molecule has 3 heterocycles. The first-order chi connectivity index (χ1) is 9.78. The van der Waals surface area contributed by atoms with E-state index in [0.717, 1.165) is 0 Å². The highest BCUT2D eigenvalue weighted by Gasteiger charge is 2.69. The Morgan fingerprint density at radius 2 is 2.19 bits per heavy atom. The zero-order valence-electron chi connectivity index (χ0n) is 11.1. The molecule has 0 aliphatic carbocycles. The van der Waals surface area contributed by atoms with Crippen LogP contribution < -0.4 is 22.5 Å². The molecule has 1 fully saturated rings. The number of ether oxygens (including phenoxy) is 1. The molecule has 1 spiro atoms. The van der Waals surface area contributed by atoms with Crippen molar-refractivity contribution >= 4 is 18.0 Å². The number of rotatable bonds is 2. The average Bonchev–Trinajstić information content (AvgIpc) is 2.85. The second-order valence-corrected chi connectivity index (χ2v) is 5.25. The number of hydrogen-bond donors (Lipinski definition) is 6. The van der Waals surface area contributed by atoms with Crippen molar-refractivity contribution in [1.82, 2.24) is 10.2 Å². The molecule has 0 aromatic heterocycles. The van der Waals surface area contributed by atoms with Gasteiger partial charge in [0, 0.05) is 13.0 Å². The highest BCUT2D eigenvalue weighted by Crippen LogP contribution is 2.44. The van der Waals surface area contributed by atoms with Crippen molar-refractivity contribution in [2.45, 2.75) is 30.0 Å². The van der Waals surface area contributed by atoms with E-state index in [0.29, 0.717) is 0 Å². The molecular weight excluding hydrogens is 286 g/mol. The van der Waals surface area contributed by atoms with Crippen LogP contribution in [0.25, 0.3) is 0 Å². The predicted molar refractivity (Wildman–Crippen MR) is 70.7 cm³/mol. The van der Waals surface area contributed by atoms with Crippen LogP contribution in [-0.4, -0.2) is 69.8 Å². The minimum atomic E-state index is -2.12. The van der Waals surface area contributed by atoms with E-state index in [2.05, 4.69) is 15.3 Å². The summed E-state index contributed by atoms with van der Waals surface area (Å²) in [6.07, 6.45) is -0.923. The molecule has 0 saturated carbocycles. The zero-order valence-corrected chi connectivity index (χ0v) is 11.1. The van der Waals surface area contributed by atoms with Crippen LogP contribution in [0.1, 0.15) is 6.42 Å². The molecule has 116 valence electrons. The summed E-state index contributed by atoms with van der Waals surface area (Å²) in [4.78, 5) is 20.6. The van der Waals surface area contributed by atoms with Crippen LogP contribution in [-0.2, 0) is 4.74 Å². The Morgan fingerprint density at radius 3 is 2.86 bits per heavy atom. The van der Waals surface area contributed by atoms with Gasteiger partial charge in [0.15, 0.2) is 17.6 Å². The molecule has 9 N–H and O–H groups in total. The molecule has 0 unspecified atom stereocenters. The topological polar surface area (TPSA) is 185 Å². The number of nitrogens with one attached hydrogen (secondary N) is 1. The minimum absolute atomic E-state index is 0.0355. The second-order valence-electron chi connectivity index (χ2n) is 5.25. The van der Waals surface area contributed by atoms with Crippen molar-refractivity contribution in [3.63, 3.8) is 0 Å². The van der Waals surface area contributed by atoms with Crippen molar-refractivity contribution in [2.75, 3.05) is 13.2 Å². The van der Waals surface area contributed by atoms with E-state index >= 15 is 0 Å². The molecule has 0 bridgehead atoms. The molecule has 1 saturated heterocycles. The third kappa shape index (κ3) is 1.70. The number of guanidine groups is 2. The number of hydrogen-bond acceptors (Lipinski definition) is 10. The number of aliphatic hydroxyl groups is 2. The van der Waals surface area contributed by atoms with E-state index in [4.69, 9.17) is 21.9 Å². The van der Waals surface area contributed by atoms with Gasteiger partial charge in [0.2, 0.25) is 5.79 Å². The summed E-state index contributed by atoms with van der Waals surface area (Å²) >= 11 is 0. The number of nitrogens with zero attached hydrogens (tertiary/aromatic N) is 3. The second kappa shape index (κ2) is 4.11. The van der Waals surface area contributed by atoms with Crippen molar-refractivity contribution in [3.05, 3.63) is 0 Å². The summed E-state index contributed by atoms with van der Waals surface area (Å²) in [6, 6.07) is -1.50. The largest absolute Gasteiger partial charge is 0.447 e. The van der Waals surface area contributed by atoms with Gasteiger partial charge in [-0.3, -0.25) is 0 Å². The van der Waals surface area contributed by atoms with Gasteiger partial charge in [-0.25, -0.2) is 14.8 Å². The predicted octanol–water partition coefficient (Wildman–Crippen LogP) is -3.85. The summed E-state index contributed by atoms with van der Waals surface area (Å²) < 4.78 is 4.74. The Kier molecular flexibility index (Phi) is 2.68. The van der Waals surface area contributed by atoms with E-state index in [-0.39, 0.29) is 31.5 Å². The zero-order chi connectivity index (χ0) is 15.4. The Labute approximate surface area is 119 Å². The van der Waals surface area contributed by atoms with Crippen LogP contribution in [0.4, 0.5) is 4.79 Å². The lowest BCUT2D eigenvalue weighted by Crippen LogP contribution is -2.76. The smallest absolute Gasteiger partial charge is 0.404 e. The number of nitrogens with two attached hydrogens (primary N) is 3. The Hall–Kier alpha value is -2.27. The fourth-order valence-electron chi connectivity index (χ4n) is 3.23. The van der Waals surface area contributed by atoms with Gasteiger partial charge in [0.05, 0.1) is 0 Å². The van der Waals surface area contributed by atoms with Gasteiger partial charge < -0.3 is 42.4 Å². The first-order valence-electron chi connectivity index (χ1n) is 6.37. The SMILES string of the molecule is NC(=O)OC[C@@H]1[15N]=C([15NH2])N2CCC(O)(O)[C@@]23NC([15NH2])=[15N][C@@H]13. The number of primary amides is 1. The molecule has 0 radical (unpaired) electrons.